The van der Waals surface area contributed by atoms with E-state index in [2.05, 4.69) is 91.7 Å². The van der Waals surface area contributed by atoms with E-state index in [1.54, 1.807) is 0 Å². The monoisotopic (exact) mass is 470 g/mol. The highest BCUT2D eigenvalue weighted by atomic mass is 32.2. The fourth-order valence-electron chi connectivity index (χ4n) is 5.50. The molecule has 0 unspecified atom stereocenters. The molecule has 0 bridgehead atoms. The van der Waals surface area contributed by atoms with Crippen LogP contribution in [-0.4, -0.2) is 24.1 Å². The van der Waals surface area contributed by atoms with E-state index >= 15 is 0 Å². The fourth-order valence-corrected chi connectivity index (χ4v) is 6.08. The lowest BCUT2D eigenvalue weighted by molar-refractivity contribution is 0.269. The van der Waals surface area contributed by atoms with Crippen molar-refractivity contribution in [1.82, 2.24) is 0 Å². The Morgan fingerprint density at radius 1 is 0.882 bits per heavy atom. The smallest absolute Gasteiger partial charge is 0.283 e. The van der Waals surface area contributed by atoms with E-state index in [-0.39, 0.29) is 5.24 Å². The molecule has 0 saturated carbocycles. The van der Waals surface area contributed by atoms with Gasteiger partial charge in [-0.2, -0.15) is 0 Å². The second-order valence-corrected chi connectivity index (χ2v) is 10.8. The zero-order valence-electron chi connectivity index (χ0n) is 20.4. The average Bonchev–Trinajstić information content (AvgIpc) is 2.84. The van der Waals surface area contributed by atoms with Crippen LogP contribution in [0.5, 0.6) is 0 Å². The Hall–Kier alpha value is -2.72. The molecule has 2 aliphatic heterocycles. The molecule has 2 heterocycles. The number of benzene rings is 3. The number of aryl methyl sites for hydroxylation is 2. The molecule has 2 atom stereocenters. The van der Waals surface area contributed by atoms with Crippen LogP contribution >= 0.6 is 11.8 Å². The minimum atomic E-state index is 0.0382. The van der Waals surface area contributed by atoms with E-state index in [0.29, 0.717) is 11.8 Å². The Kier molecular flexibility index (Phi) is 6.69. The topological polar surface area (TPSA) is 32.3 Å². The number of carbonyl (C=O) groups excluding carboxylic acids is 1. The lowest BCUT2D eigenvalue weighted by atomic mass is 9.76. The minimum Gasteiger partial charge on any atom is -0.371 e. The van der Waals surface area contributed by atoms with Crippen LogP contribution < -0.4 is 10.2 Å². The summed E-state index contributed by atoms with van der Waals surface area (Å²) in [5, 5.41) is 3.25. The van der Waals surface area contributed by atoms with Crippen molar-refractivity contribution in [3.05, 3.63) is 94.0 Å². The molecule has 0 radical (unpaired) electrons. The number of rotatable bonds is 5. The van der Waals surface area contributed by atoms with Crippen molar-refractivity contribution in [2.24, 2.45) is 0 Å². The Morgan fingerprint density at radius 3 is 1.85 bits per heavy atom. The van der Waals surface area contributed by atoms with Crippen molar-refractivity contribution in [2.45, 2.75) is 51.9 Å². The lowest BCUT2D eigenvalue weighted by Gasteiger charge is -2.43. The molecule has 3 aromatic carbocycles. The van der Waals surface area contributed by atoms with Gasteiger partial charge in [0.2, 0.25) is 0 Å². The molecule has 3 nitrogen and oxygen atoms in total. The molecule has 1 N–H and O–H groups in total. The third-order valence-corrected chi connectivity index (χ3v) is 8.23. The van der Waals surface area contributed by atoms with Crippen molar-refractivity contribution in [3.8, 4) is 0 Å². The van der Waals surface area contributed by atoms with Gasteiger partial charge < -0.3 is 10.2 Å². The van der Waals surface area contributed by atoms with Crippen LogP contribution in [0.2, 0.25) is 0 Å². The van der Waals surface area contributed by atoms with Gasteiger partial charge in [0.15, 0.2) is 0 Å². The number of carbonyl (C=O) groups is 1. The SMILES string of the molecule is CCCSC(=O)Nc1cc2c3c(c1)[C@H](c1ccc(C)cc1)CCN3CC[C@H]2c1ccc(C)cc1. The molecule has 0 fully saturated rings. The van der Waals surface area contributed by atoms with Crippen molar-refractivity contribution in [1.29, 1.82) is 0 Å². The predicted molar refractivity (Wildman–Crippen MR) is 146 cm³/mol. The Bertz CT molecular complexity index is 1090. The zero-order valence-corrected chi connectivity index (χ0v) is 21.3. The van der Waals surface area contributed by atoms with Crippen molar-refractivity contribution in [2.75, 3.05) is 29.1 Å². The van der Waals surface area contributed by atoms with Crippen LogP contribution in [0.15, 0.2) is 60.7 Å². The first-order valence-electron chi connectivity index (χ1n) is 12.5. The van der Waals surface area contributed by atoms with E-state index in [1.165, 1.54) is 50.8 Å². The molecule has 176 valence electrons. The molecular weight excluding hydrogens is 436 g/mol. The maximum absolute atomic E-state index is 12.6. The number of thioether (sulfide) groups is 1. The normalized spacial score (nSPS) is 19.0. The number of amides is 1. The second-order valence-electron chi connectivity index (χ2n) is 9.76. The van der Waals surface area contributed by atoms with Gasteiger partial charge in [-0.25, -0.2) is 0 Å². The van der Waals surface area contributed by atoms with Crippen molar-refractivity contribution >= 4 is 28.4 Å². The zero-order chi connectivity index (χ0) is 23.7. The molecule has 1 amide bonds. The van der Waals surface area contributed by atoms with Crippen molar-refractivity contribution < 1.29 is 4.79 Å². The van der Waals surface area contributed by atoms with Crippen LogP contribution in [-0.2, 0) is 0 Å². The number of nitrogens with one attached hydrogen (secondary N) is 1. The number of nitrogens with zero attached hydrogens (tertiary/aromatic N) is 1. The van der Waals surface area contributed by atoms with Gasteiger partial charge in [-0.05, 0) is 67.5 Å². The molecule has 2 aliphatic rings. The van der Waals surface area contributed by atoms with Gasteiger partial charge in [0.1, 0.15) is 0 Å². The van der Waals surface area contributed by atoms with Crippen LogP contribution in [0.25, 0.3) is 0 Å². The van der Waals surface area contributed by atoms with Gasteiger partial charge in [-0.3, -0.25) is 4.79 Å². The summed E-state index contributed by atoms with van der Waals surface area (Å²) in [6, 6.07) is 22.5. The van der Waals surface area contributed by atoms with Crippen LogP contribution in [0.1, 0.15) is 71.4 Å². The average molecular weight is 471 g/mol. The Morgan fingerprint density at radius 2 is 1.38 bits per heavy atom. The van der Waals surface area contributed by atoms with Crippen molar-refractivity contribution in [3.63, 3.8) is 0 Å². The Balaban J connectivity index is 1.61. The molecule has 0 aromatic heterocycles. The summed E-state index contributed by atoms with van der Waals surface area (Å²) >= 11 is 1.37. The van der Waals surface area contributed by atoms with Gasteiger partial charge >= 0.3 is 0 Å². The molecular formula is C30H34N2OS. The second kappa shape index (κ2) is 9.87. The highest BCUT2D eigenvalue weighted by molar-refractivity contribution is 8.13. The maximum Gasteiger partial charge on any atom is 0.283 e. The van der Waals surface area contributed by atoms with Crippen LogP contribution in [0.3, 0.4) is 0 Å². The van der Waals surface area contributed by atoms with Gasteiger partial charge in [-0.1, -0.05) is 78.3 Å². The van der Waals surface area contributed by atoms with Gasteiger partial charge in [0, 0.05) is 42.1 Å². The molecule has 0 aliphatic carbocycles. The number of anilines is 2. The van der Waals surface area contributed by atoms with Gasteiger partial charge in [-0.15, -0.1) is 0 Å². The fraction of sp³-hybridized carbons (Fsp3) is 0.367. The summed E-state index contributed by atoms with van der Waals surface area (Å²) in [6.45, 7) is 8.56. The number of hydrogen-bond donors (Lipinski definition) is 1. The van der Waals surface area contributed by atoms with Crippen LogP contribution in [0.4, 0.5) is 16.2 Å². The first-order chi connectivity index (χ1) is 16.5. The third kappa shape index (κ3) is 4.61. The number of hydrogen-bond acceptors (Lipinski definition) is 3. The van der Waals surface area contributed by atoms with Crippen LogP contribution in [0, 0.1) is 13.8 Å². The van der Waals surface area contributed by atoms with E-state index in [4.69, 9.17) is 0 Å². The summed E-state index contributed by atoms with van der Waals surface area (Å²) < 4.78 is 0. The highest BCUT2D eigenvalue weighted by Gasteiger charge is 2.35. The predicted octanol–water partition coefficient (Wildman–Crippen LogP) is 7.86. The van der Waals surface area contributed by atoms with Gasteiger partial charge in [0.05, 0.1) is 0 Å². The largest absolute Gasteiger partial charge is 0.371 e. The molecule has 4 heteroatoms. The molecule has 0 spiro atoms. The van der Waals surface area contributed by atoms with E-state index in [9.17, 15) is 4.79 Å². The summed E-state index contributed by atoms with van der Waals surface area (Å²) in [5.74, 6) is 1.54. The highest BCUT2D eigenvalue weighted by Crippen LogP contribution is 2.49. The first kappa shape index (κ1) is 23.0. The molecule has 0 saturated heterocycles. The molecule has 3 aromatic rings. The summed E-state index contributed by atoms with van der Waals surface area (Å²) in [6.07, 6.45) is 3.20. The molecule has 34 heavy (non-hydrogen) atoms. The standard InChI is InChI=1S/C30H34N2OS/c1-4-17-34-30(33)31-24-18-27-25(22-9-5-20(2)6-10-22)13-15-32-16-14-26(28(19-24)29(27)32)23-11-7-21(3)8-12-23/h5-12,18-19,25-26H,4,13-17H2,1-3H3,(H,31,33)/t25-,26-/m0/s1. The summed E-state index contributed by atoms with van der Waals surface area (Å²) in [5.41, 5.74) is 10.4. The van der Waals surface area contributed by atoms with E-state index in [1.807, 2.05) is 0 Å². The molecule has 5 rings (SSSR count). The van der Waals surface area contributed by atoms with E-state index in [0.717, 1.165) is 43.8 Å². The quantitative estimate of drug-likeness (QED) is 0.412. The lowest BCUT2D eigenvalue weighted by Crippen LogP contribution is -2.37. The Labute approximate surface area is 208 Å². The van der Waals surface area contributed by atoms with Gasteiger partial charge in [0.25, 0.3) is 5.24 Å². The summed E-state index contributed by atoms with van der Waals surface area (Å²) in [7, 11) is 0. The van der Waals surface area contributed by atoms with E-state index < -0.39 is 0 Å². The third-order valence-electron chi connectivity index (χ3n) is 7.25. The summed E-state index contributed by atoms with van der Waals surface area (Å²) in [4.78, 5) is 15.2. The minimum absolute atomic E-state index is 0.0382. The first-order valence-corrected chi connectivity index (χ1v) is 13.5. The maximum atomic E-state index is 12.6.